The van der Waals surface area contributed by atoms with Crippen LogP contribution >= 0.6 is 0 Å². The minimum Gasteiger partial charge on any atom is -0.490 e. The fraction of sp³-hybridized carbons (Fsp3) is 0.429. The molecule has 0 amide bonds. The first-order valence-corrected chi connectivity index (χ1v) is 9.50. The number of allylic oxidation sites excluding steroid dienone is 2. The molecular weight excluding hydrogens is 412 g/mol. The van der Waals surface area contributed by atoms with Crippen molar-refractivity contribution in [3.63, 3.8) is 0 Å². The SMILES string of the molecule is COc1c(OC2OC(C(=O)O)C(O)C(O)C2O)c(CC=C(C)C)cc2ccc(=O)oc12. The summed E-state index contributed by atoms with van der Waals surface area (Å²) in [6.07, 6.45) is -6.63. The van der Waals surface area contributed by atoms with Gasteiger partial charge < -0.3 is 39.1 Å². The molecule has 3 rings (SSSR count). The summed E-state index contributed by atoms with van der Waals surface area (Å²) >= 11 is 0. The second-order valence-electron chi connectivity index (χ2n) is 7.41. The fourth-order valence-corrected chi connectivity index (χ4v) is 3.27. The van der Waals surface area contributed by atoms with Gasteiger partial charge in [0.1, 0.15) is 18.3 Å². The van der Waals surface area contributed by atoms with Gasteiger partial charge in [0.15, 0.2) is 17.4 Å². The molecule has 1 fully saturated rings. The van der Waals surface area contributed by atoms with E-state index in [0.29, 0.717) is 17.4 Å². The molecule has 1 aromatic heterocycles. The predicted octanol–water partition coefficient (Wildman–Crippen LogP) is 0.581. The van der Waals surface area contributed by atoms with E-state index in [1.54, 1.807) is 12.1 Å². The van der Waals surface area contributed by atoms with Gasteiger partial charge in [-0.1, -0.05) is 11.6 Å². The second-order valence-corrected chi connectivity index (χ2v) is 7.41. The third-order valence-corrected chi connectivity index (χ3v) is 4.88. The molecule has 4 N–H and O–H groups in total. The Hall–Kier alpha value is -2.92. The van der Waals surface area contributed by atoms with Crippen LogP contribution in [0.2, 0.25) is 0 Å². The average Bonchev–Trinajstić information content (AvgIpc) is 2.72. The highest BCUT2D eigenvalue weighted by Crippen LogP contribution is 2.40. The number of carbonyl (C=O) groups is 1. The summed E-state index contributed by atoms with van der Waals surface area (Å²) in [5.41, 5.74) is 1.06. The number of methoxy groups -OCH3 is 1. The van der Waals surface area contributed by atoms with Gasteiger partial charge in [-0.25, -0.2) is 9.59 Å². The number of fused-ring (bicyclic) bond motifs is 1. The van der Waals surface area contributed by atoms with Gasteiger partial charge in [0.2, 0.25) is 12.0 Å². The van der Waals surface area contributed by atoms with E-state index >= 15 is 0 Å². The second kappa shape index (κ2) is 9.06. The first-order valence-electron chi connectivity index (χ1n) is 9.50. The minimum absolute atomic E-state index is 0.0376. The van der Waals surface area contributed by atoms with E-state index in [0.717, 1.165) is 5.57 Å². The lowest BCUT2D eigenvalue weighted by atomic mass is 9.99. The topological polar surface area (TPSA) is 156 Å². The van der Waals surface area contributed by atoms with Crippen LogP contribution in [0.25, 0.3) is 11.0 Å². The third kappa shape index (κ3) is 4.57. The fourth-order valence-electron chi connectivity index (χ4n) is 3.27. The molecule has 1 aromatic carbocycles. The molecule has 0 saturated carbocycles. The zero-order valence-electron chi connectivity index (χ0n) is 17.1. The number of aliphatic hydroxyl groups is 3. The normalized spacial score (nSPS) is 25.8. The Morgan fingerprint density at radius 2 is 1.84 bits per heavy atom. The van der Waals surface area contributed by atoms with Crippen molar-refractivity contribution in [3.8, 4) is 11.5 Å². The third-order valence-electron chi connectivity index (χ3n) is 4.88. The van der Waals surface area contributed by atoms with Crippen LogP contribution in [0.3, 0.4) is 0 Å². The van der Waals surface area contributed by atoms with Crippen molar-refractivity contribution in [2.75, 3.05) is 7.11 Å². The molecule has 1 aliphatic heterocycles. The summed E-state index contributed by atoms with van der Waals surface area (Å²) in [4.78, 5) is 23.1. The first-order chi connectivity index (χ1) is 14.6. The Kier molecular flexibility index (Phi) is 6.65. The molecule has 31 heavy (non-hydrogen) atoms. The zero-order valence-corrected chi connectivity index (χ0v) is 17.1. The maximum absolute atomic E-state index is 11.7. The van der Waals surface area contributed by atoms with E-state index in [-0.39, 0.29) is 17.1 Å². The first kappa shape index (κ1) is 22.8. The molecule has 2 aromatic rings. The van der Waals surface area contributed by atoms with Crippen molar-refractivity contribution < 1.29 is 43.8 Å². The maximum Gasteiger partial charge on any atom is 0.336 e. The van der Waals surface area contributed by atoms with Crippen molar-refractivity contribution in [2.45, 2.75) is 51.0 Å². The highest BCUT2D eigenvalue weighted by Gasteiger charge is 2.48. The lowest BCUT2D eigenvalue weighted by Gasteiger charge is -2.38. The summed E-state index contributed by atoms with van der Waals surface area (Å²) < 4.78 is 21.7. The summed E-state index contributed by atoms with van der Waals surface area (Å²) in [6, 6.07) is 4.52. The van der Waals surface area contributed by atoms with Crippen LogP contribution in [0.1, 0.15) is 19.4 Å². The van der Waals surface area contributed by atoms with Gasteiger partial charge in [0.25, 0.3) is 0 Å². The van der Waals surface area contributed by atoms with Gasteiger partial charge in [-0.05, 0) is 32.4 Å². The van der Waals surface area contributed by atoms with E-state index in [1.165, 1.54) is 13.2 Å². The van der Waals surface area contributed by atoms with Crippen LogP contribution in [0.15, 0.2) is 39.1 Å². The number of carboxylic acids is 1. The van der Waals surface area contributed by atoms with Crippen LogP contribution < -0.4 is 15.1 Å². The monoisotopic (exact) mass is 436 g/mol. The van der Waals surface area contributed by atoms with Gasteiger partial charge in [0, 0.05) is 17.0 Å². The molecule has 5 unspecified atom stereocenters. The quantitative estimate of drug-likeness (QED) is 0.373. The summed E-state index contributed by atoms with van der Waals surface area (Å²) in [6.45, 7) is 3.81. The number of carboxylic acid groups (broad SMARTS) is 1. The summed E-state index contributed by atoms with van der Waals surface area (Å²) in [5, 5.41) is 40.1. The number of hydrogen-bond acceptors (Lipinski definition) is 9. The maximum atomic E-state index is 11.7. The van der Waals surface area contributed by atoms with Crippen molar-refractivity contribution in [1.82, 2.24) is 0 Å². The number of hydrogen-bond donors (Lipinski definition) is 4. The van der Waals surface area contributed by atoms with E-state index in [4.69, 9.17) is 18.6 Å². The summed E-state index contributed by atoms with van der Waals surface area (Å²) in [7, 11) is 1.33. The van der Waals surface area contributed by atoms with Crippen molar-refractivity contribution in [2.24, 2.45) is 0 Å². The van der Waals surface area contributed by atoms with Crippen LogP contribution in [0, 0.1) is 0 Å². The number of ether oxygens (including phenoxy) is 3. The minimum atomic E-state index is -1.85. The largest absolute Gasteiger partial charge is 0.490 e. The van der Waals surface area contributed by atoms with Crippen molar-refractivity contribution >= 4 is 16.9 Å². The van der Waals surface area contributed by atoms with Crippen LogP contribution in [0.4, 0.5) is 0 Å². The van der Waals surface area contributed by atoms with Crippen molar-refractivity contribution in [1.29, 1.82) is 0 Å². The van der Waals surface area contributed by atoms with E-state index < -0.39 is 42.3 Å². The smallest absolute Gasteiger partial charge is 0.336 e. The van der Waals surface area contributed by atoms with E-state index in [1.807, 2.05) is 19.9 Å². The molecule has 0 bridgehead atoms. The molecule has 2 heterocycles. The van der Waals surface area contributed by atoms with Crippen LogP contribution in [0.5, 0.6) is 11.5 Å². The Morgan fingerprint density at radius 1 is 1.13 bits per heavy atom. The van der Waals surface area contributed by atoms with Crippen molar-refractivity contribution in [3.05, 3.63) is 45.8 Å². The van der Waals surface area contributed by atoms with Crippen LogP contribution in [-0.2, 0) is 16.0 Å². The number of aliphatic carboxylic acids is 1. The Morgan fingerprint density at radius 3 is 2.45 bits per heavy atom. The number of aliphatic hydroxyl groups excluding tert-OH is 3. The van der Waals surface area contributed by atoms with E-state index in [9.17, 15) is 30.0 Å². The molecule has 0 radical (unpaired) electrons. The summed E-state index contributed by atoms with van der Waals surface area (Å²) in [5.74, 6) is -1.46. The zero-order chi connectivity index (χ0) is 22.9. The van der Waals surface area contributed by atoms with Gasteiger partial charge in [0.05, 0.1) is 7.11 Å². The Labute approximate surface area is 176 Å². The van der Waals surface area contributed by atoms with Crippen LogP contribution in [-0.4, -0.2) is 64.2 Å². The molecule has 10 nitrogen and oxygen atoms in total. The van der Waals surface area contributed by atoms with Gasteiger partial charge in [-0.2, -0.15) is 0 Å². The molecule has 1 aliphatic rings. The molecule has 0 aliphatic carbocycles. The molecular formula is C21H24O10. The average molecular weight is 436 g/mol. The number of rotatable bonds is 6. The van der Waals surface area contributed by atoms with Gasteiger partial charge >= 0.3 is 11.6 Å². The molecule has 1 saturated heterocycles. The Bertz CT molecular complexity index is 1050. The predicted molar refractivity (Wildman–Crippen MR) is 107 cm³/mol. The molecule has 5 atom stereocenters. The van der Waals surface area contributed by atoms with E-state index in [2.05, 4.69) is 0 Å². The standard InChI is InChI=1S/C21H24O10/c1-9(2)4-5-10-8-11-6-7-12(22)29-16(11)19(28-3)17(10)30-21-15(25)13(23)14(24)18(31-21)20(26)27/h4,6-8,13-15,18,21,23-25H,5H2,1-3H3,(H,26,27). The molecule has 10 heteroatoms. The van der Waals surface area contributed by atoms with Gasteiger partial charge in [-0.15, -0.1) is 0 Å². The number of benzene rings is 1. The molecule has 168 valence electrons. The highest BCUT2D eigenvalue weighted by molar-refractivity contribution is 5.87. The van der Waals surface area contributed by atoms with Gasteiger partial charge in [-0.3, -0.25) is 0 Å². The Balaban J connectivity index is 2.12. The lowest BCUT2D eigenvalue weighted by molar-refractivity contribution is -0.271. The highest BCUT2D eigenvalue weighted by atomic mass is 16.7. The molecule has 0 spiro atoms. The lowest BCUT2D eigenvalue weighted by Crippen LogP contribution is -2.61.